The number of unbranched alkanes of at least 4 members (excludes halogenated alkanes) is 1. The van der Waals surface area contributed by atoms with Crippen molar-refractivity contribution in [3.05, 3.63) is 0 Å². The molecule has 0 radical (unpaired) electrons. The van der Waals surface area contributed by atoms with Crippen LogP contribution in [-0.2, 0) is 9.47 Å². The molecule has 0 saturated carbocycles. The van der Waals surface area contributed by atoms with Gasteiger partial charge in [-0.05, 0) is 19.4 Å². The maximum atomic E-state index is 5.75. The highest BCUT2D eigenvalue weighted by Crippen LogP contribution is 2.12. The minimum atomic E-state index is 0.261. The van der Waals surface area contributed by atoms with E-state index >= 15 is 0 Å². The van der Waals surface area contributed by atoms with E-state index in [9.17, 15) is 0 Å². The molecule has 0 bridgehead atoms. The molecule has 3 nitrogen and oxygen atoms in total. The highest BCUT2D eigenvalue weighted by Gasteiger charge is 2.23. The van der Waals surface area contributed by atoms with Gasteiger partial charge in [-0.25, -0.2) is 0 Å². The smallest absolute Gasteiger partial charge is 0.0962 e. The topological polar surface area (TPSA) is 30.5 Å². The normalized spacial score (nSPS) is 24.0. The van der Waals surface area contributed by atoms with Crippen molar-refractivity contribution in [3.8, 4) is 0 Å². The molecule has 2 atom stereocenters. The molecule has 1 N–H and O–H groups in total. The highest BCUT2D eigenvalue weighted by atomic mass is 16.6. The van der Waals surface area contributed by atoms with Gasteiger partial charge in [0.1, 0.15) is 0 Å². The zero-order valence-electron chi connectivity index (χ0n) is 10.1. The number of hydrogen-bond donors (Lipinski definition) is 1. The van der Waals surface area contributed by atoms with Gasteiger partial charge in [0.25, 0.3) is 0 Å². The molecular weight excluding hydrogens is 190 g/mol. The third-order valence-corrected chi connectivity index (χ3v) is 2.82. The molecule has 0 aromatic rings. The van der Waals surface area contributed by atoms with E-state index < -0.39 is 0 Å². The predicted molar refractivity (Wildman–Crippen MR) is 62.2 cm³/mol. The summed E-state index contributed by atoms with van der Waals surface area (Å²) in [5.74, 6) is 0. The largest absolute Gasteiger partial charge is 0.376 e. The van der Waals surface area contributed by atoms with Gasteiger partial charge in [-0.15, -0.1) is 0 Å². The van der Waals surface area contributed by atoms with Crippen LogP contribution in [0.1, 0.15) is 39.5 Å². The Labute approximate surface area is 93.5 Å². The van der Waals surface area contributed by atoms with E-state index in [2.05, 4.69) is 19.2 Å². The second-order valence-electron chi connectivity index (χ2n) is 4.19. The maximum absolute atomic E-state index is 5.75. The van der Waals surface area contributed by atoms with Gasteiger partial charge < -0.3 is 14.8 Å². The fourth-order valence-corrected chi connectivity index (χ4v) is 1.91. The summed E-state index contributed by atoms with van der Waals surface area (Å²) in [6, 6.07) is 0.477. The minimum absolute atomic E-state index is 0.261. The molecule has 15 heavy (non-hydrogen) atoms. The zero-order valence-corrected chi connectivity index (χ0v) is 10.1. The lowest BCUT2D eigenvalue weighted by Crippen LogP contribution is -2.46. The number of hydrogen-bond acceptors (Lipinski definition) is 3. The van der Waals surface area contributed by atoms with Crippen LogP contribution in [0, 0.1) is 0 Å². The average molecular weight is 215 g/mol. The van der Waals surface area contributed by atoms with Crippen LogP contribution in [0.15, 0.2) is 0 Å². The van der Waals surface area contributed by atoms with Crippen molar-refractivity contribution < 1.29 is 9.47 Å². The first kappa shape index (κ1) is 12.9. The minimum Gasteiger partial charge on any atom is -0.376 e. The van der Waals surface area contributed by atoms with E-state index in [1.165, 1.54) is 25.7 Å². The van der Waals surface area contributed by atoms with Gasteiger partial charge in [0.05, 0.1) is 25.9 Å². The molecule has 0 spiro atoms. The number of ether oxygens (including phenoxy) is 2. The van der Waals surface area contributed by atoms with Crippen molar-refractivity contribution in [1.29, 1.82) is 0 Å². The Balaban J connectivity index is 2.30. The van der Waals surface area contributed by atoms with Crippen molar-refractivity contribution in [3.63, 3.8) is 0 Å². The molecule has 0 aliphatic carbocycles. The third kappa shape index (κ3) is 4.96. The predicted octanol–water partition coefficient (Wildman–Crippen LogP) is 1.96. The van der Waals surface area contributed by atoms with Crippen LogP contribution in [0.25, 0.3) is 0 Å². The zero-order chi connectivity index (χ0) is 10.9. The number of nitrogens with one attached hydrogen (secondary N) is 1. The Hall–Kier alpha value is -0.120. The molecule has 1 aliphatic rings. The standard InChI is InChI=1S/C12H25NO2/c1-3-5-6-11(13-7-4-2)12-10-14-8-9-15-12/h11-13H,3-10H2,1-2H3. The first-order valence-electron chi connectivity index (χ1n) is 6.31. The van der Waals surface area contributed by atoms with Crippen LogP contribution < -0.4 is 5.32 Å². The Morgan fingerprint density at radius 3 is 2.73 bits per heavy atom. The van der Waals surface area contributed by atoms with E-state index in [1.807, 2.05) is 0 Å². The monoisotopic (exact) mass is 215 g/mol. The maximum Gasteiger partial charge on any atom is 0.0962 e. The lowest BCUT2D eigenvalue weighted by molar-refractivity contribution is -0.102. The first-order valence-corrected chi connectivity index (χ1v) is 6.31. The van der Waals surface area contributed by atoms with Crippen molar-refractivity contribution in [2.75, 3.05) is 26.4 Å². The van der Waals surface area contributed by atoms with Crippen LogP contribution in [-0.4, -0.2) is 38.5 Å². The summed E-state index contributed by atoms with van der Waals surface area (Å²) >= 11 is 0. The van der Waals surface area contributed by atoms with Crippen molar-refractivity contribution in [2.45, 2.75) is 51.7 Å². The molecule has 1 heterocycles. The summed E-state index contributed by atoms with van der Waals surface area (Å²) < 4.78 is 11.2. The van der Waals surface area contributed by atoms with Gasteiger partial charge in [-0.1, -0.05) is 26.7 Å². The molecule has 1 saturated heterocycles. The fourth-order valence-electron chi connectivity index (χ4n) is 1.91. The van der Waals surface area contributed by atoms with E-state index in [0.717, 1.165) is 26.4 Å². The SMILES string of the molecule is CCCCC(NCCC)C1COCCO1. The van der Waals surface area contributed by atoms with Crippen molar-refractivity contribution >= 4 is 0 Å². The van der Waals surface area contributed by atoms with Gasteiger partial charge in [0, 0.05) is 6.04 Å². The lowest BCUT2D eigenvalue weighted by Gasteiger charge is -2.31. The van der Waals surface area contributed by atoms with Crippen LogP contribution >= 0.6 is 0 Å². The summed E-state index contributed by atoms with van der Waals surface area (Å²) in [6.45, 7) is 7.77. The third-order valence-electron chi connectivity index (χ3n) is 2.82. The summed E-state index contributed by atoms with van der Waals surface area (Å²) in [6.07, 6.45) is 5.15. The van der Waals surface area contributed by atoms with Crippen molar-refractivity contribution in [1.82, 2.24) is 5.32 Å². The summed E-state index contributed by atoms with van der Waals surface area (Å²) in [5, 5.41) is 3.57. The highest BCUT2D eigenvalue weighted by molar-refractivity contribution is 4.78. The Kier molecular flexibility index (Phi) is 6.98. The van der Waals surface area contributed by atoms with E-state index in [0.29, 0.717) is 6.04 Å². The van der Waals surface area contributed by atoms with E-state index in [-0.39, 0.29) is 6.10 Å². The summed E-state index contributed by atoms with van der Waals surface area (Å²) in [5.41, 5.74) is 0. The Morgan fingerprint density at radius 1 is 1.27 bits per heavy atom. The molecule has 0 amide bonds. The molecular formula is C12H25NO2. The van der Waals surface area contributed by atoms with Crippen molar-refractivity contribution in [2.24, 2.45) is 0 Å². The summed E-state index contributed by atoms with van der Waals surface area (Å²) in [7, 11) is 0. The second kappa shape index (κ2) is 8.08. The molecule has 3 heteroatoms. The number of rotatable bonds is 7. The second-order valence-corrected chi connectivity index (χ2v) is 4.19. The van der Waals surface area contributed by atoms with Crippen LogP contribution in [0.3, 0.4) is 0 Å². The van der Waals surface area contributed by atoms with Crippen LogP contribution in [0.2, 0.25) is 0 Å². The van der Waals surface area contributed by atoms with E-state index in [4.69, 9.17) is 9.47 Å². The van der Waals surface area contributed by atoms with Gasteiger partial charge in [0.2, 0.25) is 0 Å². The molecule has 1 fully saturated rings. The van der Waals surface area contributed by atoms with Gasteiger partial charge >= 0.3 is 0 Å². The molecule has 1 rings (SSSR count). The lowest BCUT2D eigenvalue weighted by atomic mass is 10.0. The average Bonchev–Trinajstić information content (AvgIpc) is 2.30. The quantitative estimate of drug-likeness (QED) is 0.704. The van der Waals surface area contributed by atoms with Gasteiger partial charge in [-0.3, -0.25) is 0 Å². The first-order chi connectivity index (χ1) is 7.38. The van der Waals surface area contributed by atoms with Gasteiger partial charge in [0.15, 0.2) is 0 Å². The fraction of sp³-hybridized carbons (Fsp3) is 1.00. The summed E-state index contributed by atoms with van der Waals surface area (Å²) in [4.78, 5) is 0. The Bertz CT molecular complexity index is 139. The molecule has 90 valence electrons. The van der Waals surface area contributed by atoms with Crippen LogP contribution in [0.5, 0.6) is 0 Å². The van der Waals surface area contributed by atoms with E-state index in [1.54, 1.807) is 0 Å². The van der Waals surface area contributed by atoms with Crippen LogP contribution in [0.4, 0.5) is 0 Å². The molecule has 0 aromatic heterocycles. The Morgan fingerprint density at radius 2 is 2.13 bits per heavy atom. The molecule has 1 aliphatic heterocycles. The molecule has 2 unspecified atom stereocenters. The molecule has 0 aromatic carbocycles. The van der Waals surface area contributed by atoms with Gasteiger partial charge in [-0.2, -0.15) is 0 Å².